The zero-order valence-corrected chi connectivity index (χ0v) is 12.6. The molecule has 1 heterocycles. The molecule has 0 bridgehead atoms. The van der Waals surface area contributed by atoms with Gasteiger partial charge in [-0.3, -0.25) is 0 Å². The molecule has 0 saturated heterocycles. The minimum Gasteiger partial charge on any atom is -0.313 e. The van der Waals surface area contributed by atoms with Crippen LogP contribution in [-0.2, 0) is 16.6 Å². The van der Waals surface area contributed by atoms with E-state index in [1.165, 1.54) is 25.3 Å². The monoisotopic (exact) mass is 325 g/mol. The SMILES string of the molecule is CCNCc1ccc(S(=O)(=O)N(CC)CC(F)(F)F)nc1. The van der Waals surface area contributed by atoms with Gasteiger partial charge in [0.05, 0.1) is 0 Å². The quantitative estimate of drug-likeness (QED) is 0.830. The first-order valence-electron chi connectivity index (χ1n) is 6.43. The second kappa shape index (κ2) is 7.19. The highest BCUT2D eigenvalue weighted by Gasteiger charge is 2.36. The summed E-state index contributed by atoms with van der Waals surface area (Å²) in [7, 11) is -4.24. The van der Waals surface area contributed by atoms with E-state index < -0.39 is 22.7 Å². The first kappa shape index (κ1) is 17.9. The van der Waals surface area contributed by atoms with Gasteiger partial charge in [-0.2, -0.15) is 17.5 Å². The van der Waals surface area contributed by atoms with Crippen molar-refractivity contribution >= 4 is 10.0 Å². The molecule has 0 aliphatic carbocycles. The smallest absolute Gasteiger partial charge is 0.313 e. The molecule has 1 aromatic rings. The lowest BCUT2D eigenvalue weighted by atomic mass is 10.3. The lowest BCUT2D eigenvalue weighted by molar-refractivity contribution is -0.135. The summed E-state index contributed by atoms with van der Waals surface area (Å²) < 4.78 is 61.8. The van der Waals surface area contributed by atoms with E-state index >= 15 is 0 Å². The maximum Gasteiger partial charge on any atom is 0.402 e. The average molecular weight is 325 g/mol. The highest BCUT2D eigenvalue weighted by molar-refractivity contribution is 7.89. The van der Waals surface area contributed by atoms with Crippen molar-refractivity contribution < 1.29 is 21.6 Å². The van der Waals surface area contributed by atoms with Crippen molar-refractivity contribution in [2.45, 2.75) is 31.6 Å². The number of aromatic nitrogens is 1. The minimum absolute atomic E-state index is 0.275. The summed E-state index contributed by atoms with van der Waals surface area (Å²) in [6.45, 7) is 2.74. The van der Waals surface area contributed by atoms with Crippen LogP contribution >= 0.6 is 0 Å². The van der Waals surface area contributed by atoms with Crippen LogP contribution in [0, 0.1) is 0 Å². The molecule has 0 unspecified atom stereocenters. The Morgan fingerprint density at radius 1 is 1.29 bits per heavy atom. The van der Waals surface area contributed by atoms with Crippen LogP contribution in [0.4, 0.5) is 13.2 Å². The third-order valence-corrected chi connectivity index (χ3v) is 4.53. The van der Waals surface area contributed by atoms with Gasteiger partial charge in [-0.15, -0.1) is 0 Å². The molecule has 0 fully saturated rings. The Bertz CT molecular complexity index is 544. The van der Waals surface area contributed by atoms with E-state index in [1.807, 2.05) is 6.92 Å². The summed E-state index contributed by atoms with van der Waals surface area (Å²) in [6, 6.07) is 2.75. The van der Waals surface area contributed by atoms with Crippen molar-refractivity contribution in [1.29, 1.82) is 0 Å². The third kappa shape index (κ3) is 5.25. The Morgan fingerprint density at radius 2 is 1.95 bits per heavy atom. The van der Waals surface area contributed by atoms with E-state index in [4.69, 9.17) is 0 Å². The van der Waals surface area contributed by atoms with Gasteiger partial charge in [-0.05, 0) is 18.2 Å². The topological polar surface area (TPSA) is 62.3 Å². The van der Waals surface area contributed by atoms with E-state index in [-0.39, 0.29) is 11.6 Å². The molecule has 0 atom stereocenters. The first-order chi connectivity index (χ1) is 9.70. The van der Waals surface area contributed by atoms with E-state index in [9.17, 15) is 21.6 Å². The van der Waals surface area contributed by atoms with Gasteiger partial charge in [0.2, 0.25) is 0 Å². The lowest BCUT2D eigenvalue weighted by Crippen LogP contribution is -2.39. The van der Waals surface area contributed by atoms with E-state index in [2.05, 4.69) is 10.3 Å². The number of rotatable bonds is 7. The predicted octanol–water partition coefficient (Wildman–Crippen LogP) is 1.76. The fourth-order valence-electron chi connectivity index (χ4n) is 1.64. The van der Waals surface area contributed by atoms with Gasteiger partial charge in [0, 0.05) is 19.3 Å². The van der Waals surface area contributed by atoms with Crippen LogP contribution in [-0.4, -0.2) is 43.5 Å². The van der Waals surface area contributed by atoms with E-state index in [1.54, 1.807) is 0 Å². The zero-order chi connectivity index (χ0) is 16.1. The van der Waals surface area contributed by atoms with E-state index in [0.29, 0.717) is 10.8 Å². The van der Waals surface area contributed by atoms with Crippen molar-refractivity contribution in [3.63, 3.8) is 0 Å². The molecule has 0 saturated carbocycles. The summed E-state index contributed by atoms with van der Waals surface area (Å²) in [4.78, 5) is 3.77. The molecule has 0 spiro atoms. The summed E-state index contributed by atoms with van der Waals surface area (Å²) in [6.07, 6.45) is -3.25. The Labute approximate surface area is 122 Å². The van der Waals surface area contributed by atoms with Crippen molar-refractivity contribution in [3.8, 4) is 0 Å². The first-order valence-corrected chi connectivity index (χ1v) is 7.87. The molecule has 5 nitrogen and oxygen atoms in total. The van der Waals surface area contributed by atoms with Crippen LogP contribution in [0.5, 0.6) is 0 Å². The van der Waals surface area contributed by atoms with Crippen molar-refractivity contribution in [2.24, 2.45) is 0 Å². The standard InChI is InChI=1S/C12H18F3N3O2S/c1-3-16-7-10-5-6-11(17-8-10)21(19,20)18(4-2)9-12(13,14)15/h5-6,8,16H,3-4,7,9H2,1-2H3. The van der Waals surface area contributed by atoms with Crippen LogP contribution in [0.25, 0.3) is 0 Å². The molecule has 1 rings (SSSR count). The van der Waals surface area contributed by atoms with Crippen LogP contribution in [0.3, 0.4) is 0 Å². The number of sulfonamides is 1. The molecule has 0 aliphatic rings. The highest BCUT2D eigenvalue weighted by atomic mass is 32.2. The second-order valence-corrected chi connectivity index (χ2v) is 6.22. The van der Waals surface area contributed by atoms with Gasteiger partial charge < -0.3 is 5.32 Å². The van der Waals surface area contributed by atoms with E-state index in [0.717, 1.165) is 12.1 Å². The Balaban J connectivity index is 2.95. The number of alkyl halides is 3. The van der Waals surface area contributed by atoms with Crippen molar-refractivity contribution in [2.75, 3.05) is 19.6 Å². The Kier molecular flexibility index (Phi) is 6.11. The molecule has 9 heteroatoms. The summed E-state index contributed by atoms with van der Waals surface area (Å²) >= 11 is 0. The highest BCUT2D eigenvalue weighted by Crippen LogP contribution is 2.21. The largest absolute Gasteiger partial charge is 0.402 e. The van der Waals surface area contributed by atoms with Gasteiger partial charge >= 0.3 is 6.18 Å². The summed E-state index contributed by atoms with van der Waals surface area (Å²) in [5.41, 5.74) is 0.759. The fraction of sp³-hybridized carbons (Fsp3) is 0.583. The van der Waals surface area contributed by atoms with Crippen LogP contribution in [0.2, 0.25) is 0 Å². The van der Waals surface area contributed by atoms with Crippen molar-refractivity contribution in [3.05, 3.63) is 23.9 Å². The number of nitrogens with one attached hydrogen (secondary N) is 1. The van der Waals surface area contributed by atoms with Gasteiger partial charge in [0.15, 0.2) is 5.03 Å². The average Bonchev–Trinajstić information content (AvgIpc) is 2.41. The van der Waals surface area contributed by atoms with Gasteiger partial charge in [-0.25, -0.2) is 13.4 Å². The molecule has 0 aliphatic heterocycles. The molecule has 1 N–H and O–H groups in total. The maximum atomic E-state index is 12.4. The van der Waals surface area contributed by atoms with Gasteiger partial charge in [-0.1, -0.05) is 19.9 Å². The van der Waals surface area contributed by atoms with Crippen LogP contribution < -0.4 is 5.32 Å². The Hall–Kier alpha value is -1.19. The zero-order valence-electron chi connectivity index (χ0n) is 11.8. The van der Waals surface area contributed by atoms with Crippen LogP contribution in [0.1, 0.15) is 19.4 Å². The van der Waals surface area contributed by atoms with Gasteiger partial charge in [0.1, 0.15) is 6.54 Å². The number of hydrogen-bond acceptors (Lipinski definition) is 4. The molecular weight excluding hydrogens is 307 g/mol. The second-order valence-electron chi connectivity index (χ2n) is 4.33. The molecule has 0 radical (unpaired) electrons. The number of halogens is 3. The maximum absolute atomic E-state index is 12.4. The number of pyridine rings is 1. The molecule has 21 heavy (non-hydrogen) atoms. The summed E-state index contributed by atoms with van der Waals surface area (Å²) in [5.74, 6) is 0. The normalized spacial score (nSPS) is 12.9. The lowest BCUT2D eigenvalue weighted by Gasteiger charge is -2.21. The molecule has 0 amide bonds. The van der Waals surface area contributed by atoms with Crippen molar-refractivity contribution in [1.82, 2.24) is 14.6 Å². The Morgan fingerprint density at radius 3 is 2.38 bits per heavy atom. The molecular formula is C12H18F3N3O2S. The minimum atomic E-state index is -4.59. The fourth-order valence-corrected chi connectivity index (χ4v) is 2.98. The van der Waals surface area contributed by atoms with Gasteiger partial charge in [0.25, 0.3) is 10.0 Å². The summed E-state index contributed by atoms with van der Waals surface area (Å²) in [5, 5.41) is 2.66. The number of hydrogen-bond donors (Lipinski definition) is 1. The number of nitrogens with zero attached hydrogens (tertiary/aromatic N) is 2. The third-order valence-electron chi connectivity index (χ3n) is 2.69. The molecule has 1 aromatic heterocycles. The van der Waals surface area contributed by atoms with Crippen LogP contribution in [0.15, 0.2) is 23.4 Å². The predicted molar refractivity (Wildman–Crippen MR) is 72.1 cm³/mol. The molecule has 0 aromatic carbocycles. The molecule has 120 valence electrons.